The van der Waals surface area contributed by atoms with Gasteiger partial charge in [0.05, 0.1) is 5.39 Å². The molecule has 0 fully saturated rings. The molecule has 4 rings (SSSR count). The van der Waals surface area contributed by atoms with Crippen LogP contribution in [0.5, 0.6) is 0 Å². The van der Waals surface area contributed by atoms with Crippen LogP contribution >= 0.6 is 0 Å². The minimum Gasteiger partial charge on any atom is -0.341 e. The van der Waals surface area contributed by atoms with E-state index in [0.717, 1.165) is 22.2 Å². The summed E-state index contributed by atoms with van der Waals surface area (Å²) >= 11 is 0. The number of anilines is 2. The molecule has 116 valence electrons. The third kappa shape index (κ3) is 2.70. The first kappa shape index (κ1) is 14.0. The lowest BCUT2D eigenvalue weighted by Gasteiger charge is -2.09. The van der Waals surface area contributed by atoms with Crippen molar-refractivity contribution in [2.75, 3.05) is 5.32 Å². The fraction of sp³-hybridized carbons (Fsp3) is 0. The molecule has 2 N–H and O–H groups in total. The van der Waals surface area contributed by atoms with Crippen LogP contribution in [0.1, 0.15) is 0 Å². The van der Waals surface area contributed by atoms with Gasteiger partial charge in [-0.05, 0) is 29.8 Å². The summed E-state index contributed by atoms with van der Waals surface area (Å²) < 4.78 is 0. The quantitative estimate of drug-likeness (QED) is 0.603. The van der Waals surface area contributed by atoms with Crippen LogP contribution in [0, 0.1) is 0 Å². The summed E-state index contributed by atoms with van der Waals surface area (Å²) in [6.45, 7) is 0. The fourth-order valence-corrected chi connectivity index (χ4v) is 2.42. The molecular weight excluding hydrogens is 304 g/mol. The number of H-pyrrole nitrogens is 1. The predicted molar refractivity (Wildman–Crippen MR) is 90.9 cm³/mol. The third-order valence-electron chi connectivity index (χ3n) is 3.54. The molecule has 0 atom stereocenters. The Morgan fingerprint density at radius 1 is 0.958 bits per heavy atom. The van der Waals surface area contributed by atoms with Gasteiger partial charge in [0.25, 0.3) is 0 Å². The van der Waals surface area contributed by atoms with Crippen molar-refractivity contribution in [3.8, 4) is 11.1 Å². The van der Waals surface area contributed by atoms with E-state index in [-0.39, 0.29) is 0 Å². The molecule has 7 heteroatoms. The van der Waals surface area contributed by atoms with Gasteiger partial charge in [-0.15, -0.1) is 0 Å². The van der Waals surface area contributed by atoms with E-state index in [0.29, 0.717) is 11.5 Å². The van der Waals surface area contributed by atoms with Crippen molar-refractivity contribution >= 4 is 22.5 Å². The molecule has 0 radical (unpaired) electrons. The minimum absolute atomic E-state index is 0.404. The van der Waals surface area contributed by atoms with Crippen LogP contribution in [0.25, 0.3) is 22.2 Å². The van der Waals surface area contributed by atoms with E-state index in [1.165, 1.54) is 6.33 Å². The fourth-order valence-electron chi connectivity index (χ4n) is 2.42. The molecule has 0 aliphatic carbocycles. The van der Waals surface area contributed by atoms with Gasteiger partial charge in [-0.1, -0.05) is 12.1 Å². The molecule has 7 nitrogen and oxygen atoms in total. The summed E-state index contributed by atoms with van der Waals surface area (Å²) in [5, 5.41) is 3.95. The van der Waals surface area contributed by atoms with E-state index in [2.05, 4.69) is 30.2 Å². The Balaban J connectivity index is 1.68. The number of benzene rings is 1. The number of nitrogens with one attached hydrogen (secondary N) is 2. The molecule has 4 aromatic rings. The van der Waals surface area contributed by atoms with Gasteiger partial charge in [0, 0.05) is 29.8 Å². The molecule has 0 saturated carbocycles. The van der Waals surface area contributed by atoms with Crippen molar-refractivity contribution in [2.24, 2.45) is 0 Å². The van der Waals surface area contributed by atoms with E-state index in [9.17, 15) is 4.79 Å². The van der Waals surface area contributed by atoms with Gasteiger partial charge in [-0.2, -0.15) is 4.98 Å². The van der Waals surface area contributed by atoms with Crippen LogP contribution in [0.15, 0.2) is 66.1 Å². The van der Waals surface area contributed by atoms with Gasteiger partial charge in [0.2, 0.25) is 0 Å². The Hall–Kier alpha value is -3.61. The van der Waals surface area contributed by atoms with Crippen LogP contribution in [0.3, 0.4) is 0 Å². The molecule has 0 aliphatic heterocycles. The number of nitrogens with zero attached hydrogens (tertiary/aromatic N) is 4. The molecule has 0 aliphatic rings. The summed E-state index contributed by atoms with van der Waals surface area (Å²) in [6, 6.07) is 11.4. The van der Waals surface area contributed by atoms with Gasteiger partial charge in [0.15, 0.2) is 5.65 Å². The lowest BCUT2D eigenvalue weighted by atomic mass is 10.1. The first-order chi connectivity index (χ1) is 11.8. The molecular formula is C17H12N6O. The maximum Gasteiger partial charge on any atom is 0.348 e. The summed E-state index contributed by atoms with van der Waals surface area (Å²) in [6.07, 6.45) is 6.62. The number of hydrogen-bond donors (Lipinski definition) is 2. The van der Waals surface area contributed by atoms with Crippen molar-refractivity contribution in [1.29, 1.82) is 0 Å². The Morgan fingerprint density at radius 2 is 1.75 bits per heavy atom. The van der Waals surface area contributed by atoms with Gasteiger partial charge < -0.3 is 5.32 Å². The largest absolute Gasteiger partial charge is 0.348 e. The summed E-state index contributed by atoms with van der Waals surface area (Å²) in [4.78, 5) is 30.4. The van der Waals surface area contributed by atoms with Crippen LogP contribution in [0.4, 0.5) is 11.5 Å². The smallest absolute Gasteiger partial charge is 0.341 e. The van der Waals surface area contributed by atoms with E-state index in [1.807, 2.05) is 30.3 Å². The SMILES string of the molecule is O=c1nc2ncccc2c(Nc2ccc(-c3cncnc3)cc2)[nH]1. The summed E-state index contributed by atoms with van der Waals surface area (Å²) in [7, 11) is 0. The molecule has 0 bridgehead atoms. The van der Waals surface area contributed by atoms with Crippen LogP contribution in [0.2, 0.25) is 0 Å². The Kier molecular flexibility index (Phi) is 3.43. The summed E-state index contributed by atoms with van der Waals surface area (Å²) in [5.74, 6) is 0.564. The number of aromatic amines is 1. The maximum absolute atomic E-state index is 11.7. The number of fused-ring (bicyclic) bond motifs is 1. The molecule has 0 amide bonds. The van der Waals surface area contributed by atoms with Gasteiger partial charge >= 0.3 is 5.69 Å². The minimum atomic E-state index is -0.443. The maximum atomic E-state index is 11.7. The highest BCUT2D eigenvalue weighted by molar-refractivity contribution is 5.88. The molecule has 24 heavy (non-hydrogen) atoms. The second-order valence-corrected chi connectivity index (χ2v) is 5.12. The zero-order chi connectivity index (χ0) is 16.4. The van der Waals surface area contributed by atoms with E-state index >= 15 is 0 Å². The highest BCUT2D eigenvalue weighted by atomic mass is 16.1. The topological polar surface area (TPSA) is 96.5 Å². The second kappa shape index (κ2) is 5.88. The van der Waals surface area contributed by atoms with Crippen molar-refractivity contribution in [3.63, 3.8) is 0 Å². The molecule has 3 aromatic heterocycles. The molecule has 0 spiro atoms. The monoisotopic (exact) mass is 316 g/mol. The van der Waals surface area contributed by atoms with E-state index in [4.69, 9.17) is 0 Å². The van der Waals surface area contributed by atoms with Crippen LogP contribution in [-0.4, -0.2) is 24.9 Å². The Morgan fingerprint density at radius 3 is 2.54 bits per heavy atom. The average Bonchev–Trinajstić information content (AvgIpc) is 2.63. The molecule has 0 unspecified atom stereocenters. The standard InChI is InChI=1S/C17H12N6O/c24-17-22-15-14(2-1-7-20-15)16(23-17)21-13-5-3-11(4-6-13)12-8-18-10-19-9-12/h1-10H,(H2,20,21,22,23,24). The van der Waals surface area contributed by atoms with Gasteiger partial charge in [-0.3, -0.25) is 4.98 Å². The van der Waals surface area contributed by atoms with E-state index in [1.54, 1.807) is 24.7 Å². The zero-order valence-corrected chi connectivity index (χ0v) is 12.5. The Bertz CT molecular complexity index is 1040. The number of aromatic nitrogens is 5. The zero-order valence-electron chi connectivity index (χ0n) is 12.5. The van der Waals surface area contributed by atoms with Gasteiger partial charge in [0.1, 0.15) is 12.1 Å². The first-order valence-corrected chi connectivity index (χ1v) is 7.27. The van der Waals surface area contributed by atoms with Crippen molar-refractivity contribution in [3.05, 3.63) is 71.8 Å². The van der Waals surface area contributed by atoms with Crippen molar-refractivity contribution < 1.29 is 0 Å². The Labute approximate surface area is 136 Å². The van der Waals surface area contributed by atoms with E-state index < -0.39 is 5.69 Å². The number of rotatable bonds is 3. The number of pyridine rings is 1. The van der Waals surface area contributed by atoms with Crippen molar-refractivity contribution in [2.45, 2.75) is 0 Å². The normalized spacial score (nSPS) is 10.7. The highest BCUT2D eigenvalue weighted by Gasteiger charge is 2.06. The lowest BCUT2D eigenvalue weighted by Crippen LogP contribution is -2.13. The lowest BCUT2D eigenvalue weighted by molar-refractivity contribution is 1.10. The average molecular weight is 316 g/mol. The summed E-state index contributed by atoms with van der Waals surface area (Å²) in [5.41, 5.74) is 2.75. The van der Waals surface area contributed by atoms with Crippen molar-refractivity contribution in [1.82, 2.24) is 24.9 Å². The molecule has 1 aromatic carbocycles. The highest BCUT2D eigenvalue weighted by Crippen LogP contribution is 2.23. The molecule has 0 saturated heterocycles. The third-order valence-corrected chi connectivity index (χ3v) is 3.54. The number of hydrogen-bond acceptors (Lipinski definition) is 6. The van der Waals surface area contributed by atoms with Crippen LogP contribution < -0.4 is 11.0 Å². The van der Waals surface area contributed by atoms with Crippen LogP contribution in [-0.2, 0) is 0 Å². The first-order valence-electron chi connectivity index (χ1n) is 7.27. The molecule has 3 heterocycles. The van der Waals surface area contributed by atoms with Gasteiger partial charge in [-0.25, -0.2) is 19.7 Å². The predicted octanol–water partition coefficient (Wildman–Crippen LogP) is 2.52. The second-order valence-electron chi connectivity index (χ2n) is 5.12.